The summed E-state index contributed by atoms with van der Waals surface area (Å²) in [6, 6.07) is 0. The highest BCUT2D eigenvalue weighted by Gasteiger charge is 2.37. The zero-order valence-corrected chi connectivity index (χ0v) is 10.9. The number of aliphatic hydroxyl groups excluding tert-OH is 1. The summed E-state index contributed by atoms with van der Waals surface area (Å²) in [6.07, 6.45) is 5.61. The topological polar surface area (TPSA) is 74.6 Å². The molecule has 98 valence electrons. The summed E-state index contributed by atoms with van der Waals surface area (Å²) in [6.45, 7) is 4.57. The van der Waals surface area contributed by atoms with Crippen molar-refractivity contribution < 1.29 is 19.8 Å². The number of carbonyl (C=O) groups excluding carboxylic acids is 2. The maximum atomic E-state index is 11.9. The van der Waals surface area contributed by atoms with Gasteiger partial charge < -0.3 is 10.2 Å². The molecular weight excluding hydrogens is 232 g/mol. The number of aliphatic hydroxyl groups is 2. The Hall–Kier alpha value is -1.68. The van der Waals surface area contributed by atoms with Crippen molar-refractivity contribution in [1.82, 2.24) is 0 Å². The van der Waals surface area contributed by atoms with E-state index in [1.165, 1.54) is 13.8 Å². The molecule has 0 bridgehead atoms. The predicted molar refractivity (Wildman–Crippen MR) is 68.1 cm³/mol. The molecule has 0 amide bonds. The molecule has 0 unspecified atom stereocenters. The second-order valence-corrected chi connectivity index (χ2v) is 4.54. The Labute approximate surface area is 106 Å². The Morgan fingerprint density at radius 3 is 2.67 bits per heavy atom. The number of carbonyl (C=O) groups is 2. The lowest BCUT2D eigenvalue weighted by Crippen LogP contribution is -2.38. The average Bonchev–Trinajstić information content (AvgIpc) is 2.32. The summed E-state index contributed by atoms with van der Waals surface area (Å²) < 4.78 is 0. The molecule has 1 atom stereocenters. The van der Waals surface area contributed by atoms with Crippen molar-refractivity contribution >= 4 is 11.6 Å². The molecule has 0 saturated carbocycles. The summed E-state index contributed by atoms with van der Waals surface area (Å²) in [5.41, 5.74) is -1.67. The van der Waals surface area contributed by atoms with E-state index in [9.17, 15) is 19.8 Å². The van der Waals surface area contributed by atoms with Crippen molar-refractivity contribution in [1.29, 1.82) is 0 Å². The third-order valence-corrected chi connectivity index (χ3v) is 2.91. The summed E-state index contributed by atoms with van der Waals surface area (Å²) >= 11 is 0. The molecular formula is C14H18O4. The van der Waals surface area contributed by atoms with Crippen LogP contribution in [0.4, 0.5) is 0 Å². The smallest absolute Gasteiger partial charge is 0.197 e. The number of allylic oxidation sites excluding steroid dienone is 3. The van der Waals surface area contributed by atoms with Crippen LogP contribution in [0.15, 0.2) is 35.1 Å². The van der Waals surface area contributed by atoms with E-state index in [0.717, 1.165) is 6.08 Å². The van der Waals surface area contributed by atoms with Crippen LogP contribution in [0.25, 0.3) is 0 Å². The number of Topliss-reactive ketones (excluding diaryl/α,β-unsaturated/α-hetero) is 2. The van der Waals surface area contributed by atoms with Gasteiger partial charge in [-0.2, -0.15) is 0 Å². The Kier molecular flexibility index (Phi) is 4.24. The van der Waals surface area contributed by atoms with E-state index in [4.69, 9.17) is 0 Å². The number of rotatable bonds is 4. The summed E-state index contributed by atoms with van der Waals surface area (Å²) in [4.78, 5) is 23.6. The van der Waals surface area contributed by atoms with Crippen LogP contribution in [-0.2, 0) is 9.59 Å². The van der Waals surface area contributed by atoms with Gasteiger partial charge in [0.2, 0.25) is 0 Å². The van der Waals surface area contributed by atoms with Gasteiger partial charge >= 0.3 is 0 Å². The molecule has 0 aromatic carbocycles. The van der Waals surface area contributed by atoms with Crippen molar-refractivity contribution in [2.45, 2.75) is 39.2 Å². The van der Waals surface area contributed by atoms with E-state index in [2.05, 4.69) is 0 Å². The van der Waals surface area contributed by atoms with Crippen molar-refractivity contribution in [2.75, 3.05) is 0 Å². The summed E-state index contributed by atoms with van der Waals surface area (Å²) in [5, 5.41) is 19.7. The summed E-state index contributed by atoms with van der Waals surface area (Å²) in [7, 11) is 0. The fraction of sp³-hybridized carbons (Fsp3) is 0.429. The van der Waals surface area contributed by atoms with E-state index in [0.29, 0.717) is 6.42 Å². The van der Waals surface area contributed by atoms with E-state index >= 15 is 0 Å². The van der Waals surface area contributed by atoms with Crippen LogP contribution in [-0.4, -0.2) is 27.4 Å². The number of hydrogen-bond donors (Lipinski definition) is 2. The van der Waals surface area contributed by atoms with Gasteiger partial charge in [-0.3, -0.25) is 9.59 Å². The highest BCUT2D eigenvalue weighted by molar-refractivity contribution is 6.10. The molecule has 0 fully saturated rings. The van der Waals surface area contributed by atoms with Gasteiger partial charge in [0, 0.05) is 12.0 Å². The molecule has 0 aliphatic heterocycles. The van der Waals surface area contributed by atoms with Gasteiger partial charge in [-0.15, -0.1) is 0 Å². The zero-order valence-electron chi connectivity index (χ0n) is 10.9. The van der Waals surface area contributed by atoms with Crippen molar-refractivity contribution in [3.8, 4) is 0 Å². The molecule has 0 spiro atoms. The Morgan fingerprint density at radius 1 is 1.50 bits per heavy atom. The van der Waals surface area contributed by atoms with Crippen molar-refractivity contribution in [3.05, 3.63) is 35.1 Å². The molecule has 1 aliphatic carbocycles. The SMILES string of the molecule is C/C=C/CCC(=O)C1=C[C@](C)(O)C(=O)C(C)=C1O. The van der Waals surface area contributed by atoms with Crippen LogP contribution in [0.5, 0.6) is 0 Å². The van der Waals surface area contributed by atoms with E-state index < -0.39 is 11.4 Å². The fourth-order valence-electron chi connectivity index (χ4n) is 1.83. The largest absolute Gasteiger partial charge is 0.507 e. The fourth-order valence-corrected chi connectivity index (χ4v) is 1.83. The maximum absolute atomic E-state index is 11.9. The highest BCUT2D eigenvalue weighted by atomic mass is 16.3. The molecule has 18 heavy (non-hydrogen) atoms. The molecule has 2 N–H and O–H groups in total. The van der Waals surface area contributed by atoms with Crippen LogP contribution in [0.3, 0.4) is 0 Å². The first-order valence-electron chi connectivity index (χ1n) is 5.86. The molecule has 1 rings (SSSR count). The molecule has 0 saturated heterocycles. The molecule has 0 aromatic rings. The van der Waals surface area contributed by atoms with Gasteiger partial charge in [0.15, 0.2) is 11.6 Å². The van der Waals surface area contributed by atoms with Gasteiger partial charge in [-0.1, -0.05) is 12.2 Å². The van der Waals surface area contributed by atoms with Crippen LogP contribution in [0.2, 0.25) is 0 Å². The number of hydrogen-bond acceptors (Lipinski definition) is 4. The van der Waals surface area contributed by atoms with Crippen LogP contribution < -0.4 is 0 Å². The minimum atomic E-state index is -1.72. The van der Waals surface area contributed by atoms with Crippen molar-refractivity contribution in [3.63, 3.8) is 0 Å². The van der Waals surface area contributed by atoms with Gasteiger partial charge in [-0.05, 0) is 33.3 Å². The number of ketones is 2. The van der Waals surface area contributed by atoms with Crippen molar-refractivity contribution in [2.24, 2.45) is 0 Å². The van der Waals surface area contributed by atoms with Crippen LogP contribution >= 0.6 is 0 Å². The monoisotopic (exact) mass is 250 g/mol. The molecule has 0 aromatic heterocycles. The predicted octanol–water partition coefficient (Wildman–Crippen LogP) is 2.00. The lowest BCUT2D eigenvalue weighted by molar-refractivity contribution is -0.128. The Balaban J connectivity index is 3.01. The second kappa shape index (κ2) is 5.31. The van der Waals surface area contributed by atoms with Gasteiger partial charge in [-0.25, -0.2) is 0 Å². The Morgan fingerprint density at radius 2 is 2.11 bits per heavy atom. The first-order valence-corrected chi connectivity index (χ1v) is 5.86. The summed E-state index contributed by atoms with van der Waals surface area (Å²) in [5.74, 6) is -1.18. The van der Waals surface area contributed by atoms with Gasteiger partial charge in [0.05, 0.1) is 5.57 Å². The lowest BCUT2D eigenvalue weighted by Gasteiger charge is -2.25. The second-order valence-electron chi connectivity index (χ2n) is 4.54. The van der Waals surface area contributed by atoms with E-state index in [-0.39, 0.29) is 29.1 Å². The first kappa shape index (κ1) is 14.4. The Bertz CT molecular complexity index is 464. The minimum Gasteiger partial charge on any atom is -0.507 e. The molecule has 4 nitrogen and oxygen atoms in total. The third-order valence-electron chi connectivity index (χ3n) is 2.91. The highest BCUT2D eigenvalue weighted by Crippen LogP contribution is 2.28. The molecule has 1 aliphatic rings. The van der Waals surface area contributed by atoms with Crippen LogP contribution in [0.1, 0.15) is 33.6 Å². The average molecular weight is 250 g/mol. The maximum Gasteiger partial charge on any atom is 0.197 e. The molecule has 4 heteroatoms. The normalized spacial score (nSPS) is 24.7. The molecule has 0 heterocycles. The van der Waals surface area contributed by atoms with E-state index in [1.807, 2.05) is 19.1 Å². The first-order chi connectivity index (χ1) is 8.31. The van der Waals surface area contributed by atoms with E-state index in [1.54, 1.807) is 0 Å². The third kappa shape index (κ3) is 2.76. The standard InChI is InChI=1S/C14H18O4/c1-4-5-6-7-11(15)10-8-14(3,18)13(17)9(2)12(10)16/h4-5,8,16,18H,6-7H2,1-3H3/b5-4+/t14-/m0/s1. The van der Waals surface area contributed by atoms with Gasteiger partial charge in [0.25, 0.3) is 0 Å². The van der Waals surface area contributed by atoms with Crippen LogP contribution in [0, 0.1) is 0 Å². The lowest BCUT2D eigenvalue weighted by atomic mass is 9.84. The van der Waals surface area contributed by atoms with Gasteiger partial charge in [0.1, 0.15) is 11.4 Å². The quantitative estimate of drug-likeness (QED) is 0.748. The molecule has 0 radical (unpaired) electrons. The minimum absolute atomic E-state index is 0.0249. The zero-order chi connectivity index (χ0) is 13.9.